The van der Waals surface area contributed by atoms with E-state index in [1.807, 2.05) is 37.3 Å². The summed E-state index contributed by atoms with van der Waals surface area (Å²) in [7, 11) is -3.68. The lowest BCUT2D eigenvalue weighted by Crippen LogP contribution is -2.36. The second kappa shape index (κ2) is 7.03. The van der Waals surface area contributed by atoms with Gasteiger partial charge in [-0.05, 0) is 24.6 Å². The van der Waals surface area contributed by atoms with E-state index in [0.29, 0.717) is 0 Å². The van der Waals surface area contributed by atoms with Gasteiger partial charge in [0.15, 0.2) is 6.29 Å². The van der Waals surface area contributed by atoms with Crippen LogP contribution in [0.1, 0.15) is 23.6 Å². The van der Waals surface area contributed by atoms with Gasteiger partial charge in [0, 0.05) is 13.0 Å². The molecule has 0 saturated carbocycles. The summed E-state index contributed by atoms with van der Waals surface area (Å²) in [5.41, 5.74) is 1.85. The number of hydrogen-bond donors (Lipinski definition) is 1. The first-order valence-electron chi connectivity index (χ1n) is 7.91. The van der Waals surface area contributed by atoms with Crippen molar-refractivity contribution in [3.8, 4) is 0 Å². The van der Waals surface area contributed by atoms with E-state index in [-0.39, 0.29) is 24.5 Å². The Labute approximate surface area is 142 Å². The zero-order valence-electron chi connectivity index (χ0n) is 13.5. The third-order valence-corrected chi connectivity index (χ3v) is 6.12. The van der Waals surface area contributed by atoms with Gasteiger partial charge in [0.2, 0.25) is 10.0 Å². The highest BCUT2D eigenvalue weighted by atomic mass is 32.2. The van der Waals surface area contributed by atoms with Crippen LogP contribution in [0.25, 0.3) is 0 Å². The first kappa shape index (κ1) is 17.1. The molecule has 5 nitrogen and oxygen atoms in total. The van der Waals surface area contributed by atoms with Crippen molar-refractivity contribution in [1.82, 2.24) is 4.31 Å². The first-order chi connectivity index (χ1) is 11.5. The summed E-state index contributed by atoms with van der Waals surface area (Å²) in [5, 5.41) is 9.80. The minimum Gasteiger partial charge on any atom is -0.368 e. The lowest BCUT2D eigenvalue weighted by Gasteiger charge is -2.28. The topological polar surface area (TPSA) is 66.8 Å². The number of benzene rings is 2. The van der Waals surface area contributed by atoms with Gasteiger partial charge in [-0.2, -0.15) is 4.31 Å². The van der Waals surface area contributed by atoms with Crippen LogP contribution in [0.4, 0.5) is 0 Å². The molecule has 6 heteroatoms. The summed E-state index contributed by atoms with van der Waals surface area (Å²) < 4.78 is 33.1. The summed E-state index contributed by atoms with van der Waals surface area (Å²) in [6.45, 7) is 2.24. The van der Waals surface area contributed by atoms with Crippen LogP contribution in [0.5, 0.6) is 0 Å². The largest absolute Gasteiger partial charge is 0.368 e. The number of rotatable bonds is 3. The highest BCUT2D eigenvalue weighted by Crippen LogP contribution is 2.31. The Balaban J connectivity index is 2.01. The van der Waals surface area contributed by atoms with Gasteiger partial charge >= 0.3 is 0 Å². The average Bonchev–Trinajstić information content (AvgIpc) is 2.78. The molecule has 24 heavy (non-hydrogen) atoms. The maximum atomic E-state index is 13.1. The smallest absolute Gasteiger partial charge is 0.243 e. The number of aliphatic hydroxyl groups excluding tert-OH is 1. The van der Waals surface area contributed by atoms with Gasteiger partial charge in [0.1, 0.15) is 0 Å². The third-order valence-electron chi connectivity index (χ3n) is 4.20. The fourth-order valence-electron chi connectivity index (χ4n) is 2.83. The molecule has 0 amide bonds. The minimum atomic E-state index is -3.68. The number of aryl methyl sites for hydroxylation is 1. The molecule has 2 aromatic rings. The zero-order chi connectivity index (χ0) is 17.2. The number of aliphatic hydroxyl groups is 1. The van der Waals surface area contributed by atoms with Gasteiger partial charge in [0.25, 0.3) is 0 Å². The van der Waals surface area contributed by atoms with E-state index >= 15 is 0 Å². The molecule has 1 unspecified atom stereocenters. The van der Waals surface area contributed by atoms with Crippen LogP contribution in [-0.2, 0) is 14.8 Å². The normalized spacial score (nSPS) is 22.9. The molecular weight excluding hydrogens is 326 g/mol. The van der Waals surface area contributed by atoms with Gasteiger partial charge < -0.3 is 9.84 Å². The molecule has 1 fully saturated rings. The molecule has 1 saturated heterocycles. The maximum absolute atomic E-state index is 13.1. The monoisotopic (exact) mass is 347 g/mol. The van der Waals surface area contributed by atoms with E-state index in [2.05, 4.69) is 0 Å². The van der Waals surface area contributed by atoms with Crippen LogP contribution in [0, 0.1) is 6.92 Å². The molecule has 1 N–H and O–H groups in total. The van der Waals surface area contributed by atoms with Crippen molar-refractivity contribution >= 4 is 10.0 Å². The molecule has 0 spiro atoms. The molecule has 0 bridgehead atoms. The highest BCUT2D eigenvalue weighted by Gasteiger charge is 2.35. The van der Waals surface area contributed by atoms with Gasteiger partial charge in [-0.3, -0.25) is 0 Å². The minimum absolute atomic E-state index is 0.121. The van der Waals surface area contributed by atoms with Crippen molar-refractivity contribution < 1.29 is 18.3 Å². The second-order valence-corrected chi connectivity index (χ2v) is 7.82. The fraction of sp³-hybridized carbons (Fsp3) is 0.333. The molecule has 1 aliphatic heterocycles. The summed E-state index contributed by atoms with van der Waals surface area (Å²) in [6.07, 6.45) is -0.705. The Morgan fingerprint density at radius 2 is 1.75 bits per heavy atom. The molecule has 1 aliphatic rings. The van der Waals surface area contributed by atoms with E-state index < -0.39 is 22.4 Å². The Morgan fingerprint density at radius 3 is 2.42 bits per heavy atom. The first-order valence-corrected chi connectivity index (χ1v) is 9.35. The molecule has 0 aliphatic carbocycles. The van der Waals surface area contributed by atoms with Crippen LogP contribution < -0.4 is 0 Å². The maximum Gasteiger partial charge on any atom is 0.243 e. The molecule has 1 heterocycles. The molecule has 3 rings (SSSR count). The van der Waals surface area contributed by atoms with Crippen LogP contribution in [0.15, 0.2) is 59.5 Å². The van der Waals surface area contributed by atoms with Crippen LogP contribution in [0.3, 0.4) is 0 Å². The molecule has 2 atom stereocenters. The van der Waals surface area contributed by atoms with E-state index in [1.165, 1.54) is 4.31 Å². The number of nitrogens with zero attached hydrogens (tertiary/aromatic N) is 1. The molecule has 0 aromatic heterocycles. The molecule has 2 aromatic carbocycles. The van der Waals surface area contributed by atoms with Crippen LogP contribution >= 0.6 is 0 Å². The van der Waals surface area contributed by atoms with Crippen molar-refractivity contribution in [2.45, 2.75) is 30.6 Å². The lowest BCUT2D eigenvalue weighted by atomic mass is 10.1. The van der Waals surface area contributed by atoms with Crippen LogP contribution in [-0.4, -0.2) is 37.3 Å². The van der Waals surface area contributed by atoms with Crippen molar-refractivity contribution in [2.75, 3.05) is 13.2 Å². The number of sulfonamides is 1. The predicted octanol–water partition coefficient (Wildman–Crippen LogP) is 2.47. The number of ether oxygens (including phenoxy) is 1. The van der Waals surface area contributed by atoms with E-state index in [0.717, 1.165) is 11.1 Å². The average molecular weight is 347 g/mol. The second-order valence-electron chi connectivity index (χ2n) is 5.93. The summed E-state index contributed by atoms with van der Waals surface area (Å²) in [4.78, 5) is 0.255. The quantitative estimate of drug-likeness (QED) is 0.926. The van der Waals surface area contributed by atoms with Gasteiger partial charge in [-0.1, -0.05) is 48.0 Å². The summed E-state index contributed by atoms with van der Waals surface area (Å²) in [5.74, 6) is 0. The fourth-order valence-corrected chi connectivity index (χ4v) is 4.45. The van der Waals surface area contributed by atoms with Crippen molar-refractivity contribution in [3.63, 3.8) is 0 Å². The lowest BCUT2D eigenvalue weighted by molar-refractivity contribution is -0.0976. The molecule has 0 radical (unpaired) electrons. The Morgan fingerprint density at radius 1 is 1.08 bits per heavy atom. The number of hydrogen-bond acceptors (Lipinski definition) is 4. The van der Waals surface area contributed by atoms with Crippen molar-refractivity contribution in [2.24, 2.45) is 0 Å². The van der Waals surface area contributed by atoms with Crippen molar-refractivity contribution in [1.29, 1.82) is 0 Å². The standard InChI is InChI=1S/C18H21NO4S/c1-14-7-9-16(10-8-14)24(21,22)19-12-11-18(20)23-13-17(19)15-5-3-2-4-6-15/h2-10,17-18,20H,11-13H2,1H3/t17-,18?/m1/s1. The van der Waals surface area contributed by atoms with Gasteiger partial charge in [0.05, 0.1) is 17.5 Å². The zero-order valence-corrected chi connectivity index (χ0v) is 14.3. The van der Waals surface area contributed by atoms with E-state index in [9.17, 15) is 13.5 Å². The Bertz CT molecular complexity index is 774. The van der Waals surface area contributed by atoms with Gasteiger partial charge in [-0.25, -0.2) is 8.42 Å². The highest BCUT2D eigenvalue weighted by molar-refractivity contribution is 7.89. The predicted molar refractivity (Wildman–Crippen MR) is 90.8 cm³/mol. The van der Waals surface area contributed by atoms with Crippen molar-refractivity contribution in [3.05, 3.63) is 65.7 Å². The molecule has 128 valence electrons. The Hall–Kier alpha value is -1.73. The molecular formula is C18H21NO4S. The SMILES string of the molecule is Cc1ccc(S(=O)(=O)N2CCC(O)OC[C@@H]2c2ccccc2)cc1. The summed E-state index contributed by atoms with van der Waals surface area (Å²) in [6, 6.07) is 15.7. The summed E-state index contributed by atoms with van der Waals surface area (Å²) >= 11 is 0. The van der Waals surface area contributed by atoms with Gasteiger partial charge in [-0.15, -0.1) is 0 Å². The van der Waals surface area contributed by atoms with E-state index in [1.54, 1.807) is 24.3 Å². The third kappa shape index (κ3) is 3.52. The van der Waals surface area contributed by atoms with E-state index in [4.69, 9.17) is 4.74 Å². The van der Waals surface area contributed by atoms with Crippen LogP contribution in [0.2, 0.25) is 0 Å². The Kier molecular flexibility index (Phi) is 5.01.